The van der Waals surface area contributed by atoms with E-state index in [0.29, 0.717) is 11.7 Å². The Labute approximate surface area is 124 Å². The lowest BCUT2D eigenvalue weighted by Crippen LogP contribution is -2.34. The molecule has 2 aromatic rings. The van der Waals surface area contributed by atoms with E-state index >= 15 is 0 Å². The van der Waals surface area contributed by atoms with Crippen molar-refractivity contribution in [3.05, 3.63) is 28.2 Å². The number of fused-ring (bicyclic) bond motifs is 1. The van der Waals surface area contributed by atoms with Crippen LogP contribution >= 0.6 is 0 Å². The molecule has 3 rings (SSSR count). The summed E-state index contributed by atoms with van der Waals surface area (Å²) < 4.78 is 5.34. The van der Waals surface area contributed by atoms with Crippen LogP contribution in [0.5, 0.6) is 5.75 Å². The third-order valence-electron chi connectivity index (χ3n) is 4.38. The van der Waals surface area contributed by atoms with Gasteiger partial charge in [0.25, 0.3) is 0 Å². The molecule has 1 fully saturated rings. The average Bonchev–Trinajstić information content (AvgIpc) is 2.88. The predicted octanol–water partition coefficient (Wildman–Crippen LogP) is 2.45. The SMILES string of the molecule is CCCN1CCCC(c2ccc(OC)c3[nH]c(=O)[nH]c23)C1. The van der Waals surface area contributed by atoms with E-state index in [-0.39, 0.29) is 5.69 Å². The number of piperidine rings is 1. The van der Waals surface area contributed by atoms with Gasteiger partial charge in [-0.25, -0.2) is 4.79 Å². The lowest BCUT2D eigenvalue weighted by Gasteiger charge is -2.33. The molecular formula is C16H23N3O2. The van der Waals surface area contributed by atoms with Gasteiger partial charge in [-0.1, -0.05) is 13.0 Å². The molecule has 0 saturated carbocycles. The molecule has 0 aliphatic carbocycles. The number of aromatic amines is 2. The van der Waals surface area contributed by atoms with E-state index in [1.54, 1.807) is 7.11 Å². The monoisotopic (exact) mass is 289 g/mol. The zero-order valence-corrected chi connectivity index (χ0v) is 12.7. The van der Waals surface area contributed by atoms with Crippen LogP contribution in [0.2, 0.25) is 0 Å². The van der Waals surface area contributed by atoms with Gasteiger partial charge in [-0.2, -0.15) is 0 Å². The Kier molecular flexibility index (Phi) is 4.01. The number of likely N-dealkylation sites (tertiary alicyclic amines) is 1. The number of H-pyrrole nitrogens is 2. The number of nitrogens with one attached hydrogen (secondary N) is 2. The van der Waals surface area contributed by atoms with Crippen LogP contribution in [-0.4, -0.2) is 41.6 Å². The maximum absolute atomic E-state index is 11.7. The van der Waals surface area contributed by atoms with Gasteiger partial charge in [0.2, 0.25) is 0 Å². The van der Waals surface area contributed by atoms with Gasteiger partial charge in [-0.15, -0.1) is 0 Å². The van der Waals surface area contributed by atoms with Crippen LogP contribution in [-0.2, 0) is 0 Å². The van der Waals surface area contributed by atoms with Gasteiger partial charge in [0.15, 0.2) is 0 Å². The molecule has 2 N–H and O–H groups in total. The summed E-state index contributed by atoms with van der Waals surface area (Å²) in [6, 6.07) is 4.06. The maximum Gasteiger partial charge on any atom is 0.323 e. The molecule has 21 heavy (non-hydrogen) atoms. The molecule has 5 nitrogen and oxygen atoms in total. The first-order valence-corrected chi connectivity index (χ1v) is 7.74. The summed E-state index contributed by atoms with van der Waals surface area (Å²) in [7, 11) is 1.63. The second-order valence-corrected chi connectivity index (χ2v) is 5.83. The van der Waals surface area contributed by atoms with Crippen LogP contribution in [0.4, 0.5) is 0 Å². The van der Waals surface area contributed by atoms with Crippen LogP contribution in [0.1, 0.15) is 37.7 Å². The van der Waals surface area contributed by atoms with E-state index < -0.39 is 0 Å². The molecule has 1 atom stereocenters. The standard InChI is InChI=1S/C16H23N3O2/c1-3-8-19-9-4-5-11(10-19)12-6-7-13(21-2)15-14(12)17-16(20)18-15/h6-7,11H,3-5,8-10H2,1-2H3,(H2,17,18,20). The van der Waals surface area contributed by atoms with E-state index in [4.69, 9.17) is 4.74 Å². The second kappa shape index (κ2) is 5.93. The van der Waals surface area contributed by atoms with Crippen molar-refractivity contribution in [2.24, 2.45) is 0 Å². The Morgan fingerprint density at radius 1 is 1.33 bits per heavy atom. The van der Waals surface area contributed by atoms with E-state index in [1.807, 2.05) is 6.07 Å². The van der Waals surface area contributed by atoms with E-state index in [9.17, 15) is 4.79 Å². The summed E-state index contributed by atoms with van der Waals surface area (Å²) in [5, 5.41) is 0. The zero-order valence-electron chi connectivity index (χ0n) is 12.7. The minimum Gasteiger partial charge on any atom is -0.494 e. The van der Waals surface area contributed by atoms with Gasteiger partial charge in [0.05, 0.1) is 12.6 Å². The van der Waals surface area contributed by atoms with Gasteiger partial charge >= 0.3 is 5.69 Å². The quantitative estimate of drug-likeness (QED) is 0.909. The van der Waals surface area contributed by atoms with Gasteiger partial charge < -0.3 is 19.6 Å². The molecule has 5 heteroatoms. The van der Waals surface area contributed by atoms with E-state index in [2.05, 4.69) is 27.9 Å². The minimum atomic E-state index is -0.169. The molecular weight excluding hydrogens is 266 g/mol. The summed E-state index contributed by atoms with van der Waals surface area (Å²) in [6.07, 6.45) is 3.58. The van der Waals surface area contributed by atoms with Crippen LogP contribution in [0.3, 0.4) is 0 Å². The molecule has 0 bridgehead atoms. The van der Waals surface area contributed by atoms with Gasteiger partial charge in [-0.3, -0.25) is 0 Å². The van der Waals surface area contributed by atoms with E-state index in [1.165, 1.54) is 31.4 Å². The molecule has 0 spiro atoms. The van der Waals surface area contributed by atoms with Crippen molar-refractivity contribution in [2.75, 3.05) is 26.7 Å². The molecule has 1 aromatic carbocycles. The van der Waals surface area contributed by atoms with Crippen LogP contribution in [0.25, 0.3) is 11.0 Å². The van der Waals surface area contributed by atoms with Crippen LogP contribution in [0.15, 0.2) is 16.9 Å². The smallest absolute Gasteiger partial charge is 0.323 e. The number of ether oxygens (including phenoxy) is 1. The van der Waals surface area contributed by atoms with Crippen molar-refractivity contribution in [2.45, 2.75) is 32.1 Å². The second-order valence-electron chi connectivity index (χ2n) is 5.83. The van der Waals surface area contributed by atoms with Crippen molar-refractivity contribution in [1.82, 2.24) is 14.9 Å². The van der Waals surface area contributed by atoms with Gasteiger partial charge in [0.1, 0.15) is 11.3 Å². The van der Waals surface area contributed by atoms with Gasteiger partial charge in [0, 0.05) is 6.54 Å². The summed E-state index contributed by atoms with van der Waals surface area (Å²) in [5.74, 6) is 1.19. The Hall–Kier alpha value is -1.75. The van der Waals surface area contributed by atoms with Crippen molar-refractivity contribution in [1.29, 1.82) is 0 Å². The van der Waals surface area contributed by atoms with E-state index in [0.717, 1.165) is 24.1 Å². The fourth-order valence-corrected chi connectivity index (χ4v) is 3.46. The normalized spacial score (nSPS) is 20.0. The van der Waals surface area contributed by atoms with Gasteiger partial charge in [-0.05, 0) is 49.9 Å². The highest BCUT2D eigenvalue weighted by Gasteiger charge is 2.23. The molecule has 1 saturated heterocycles. The third kappa shape index (κ3) is 2.70. The molecule has 2 heterocycles. The number of imidazole rings is 1. The largest absolute Gasteiger partial charge is 0.494 e. The first kappa shape index (κ1) is 14.2. The highest BCUT2D eigenvalue weighted by atomic mass is 16.5. The third-order valence-corrected chi connectivity index (χ3v) is 4.38. The molecule has 0 amide bonds. The van der Waals surface area contributed by atoms with Crippen molar-refractivity contribution < 1.29 is 4.74 Å². The molecule has 1 aliphatic heterocycles. The Bertz CT molecular complexity index is 672. The summed E-state index contributed by atoms with van der Waals surface area (Å²) in [6.45, 7) is 5.63. The number of hydrogen-bond acceptors (Lipinski definition) is 3. The Morgan fingerprint density at radius 3 is 2.90 bits per heavy atom. The number of aromatic nitrogens is 2. The highest BCUT2D eigenvalue weighted by molar-refractivity contribution is 5.84. The number of methoxy groups -OCH3 is 1. The summed E-state index contributed by atoms with van der Waals surface area (Å²) in [4.78, 5) is 20.0. The molecule has 1 aromatic heterocycles. The van der Waals surface area contributed by atoms with Crippen LogP contribution < -0.4 is 10.4 Å². The Morgan fingerprint density at radius 2 is 2.14 bits per heavy atom. The van der Waals surface area contributed by atoms with Crippen molar-refractivity contribution in [3.8, 4) is 5.75 Å². The molecule has 1 unspecified atom stereocenters. The molecule has 114 valence electrons. The zero-order chi connectivity index (χ0) is 14.8. The van der Waals surface area contributed by atoms with Crippen molar-refractivity contribution >= 4 is 11.0 Å². The van der Waals surface area contributed by atoms with Crippen LogP contribution in [0, 0.1) is 0 Å². The topological polar surface area (TPSA) is 61.1 Å². The number of hydrogen-bond donors (Lipinski definition) is 2. The number of rotatable bonds is 4. The highest BCUT2D eigenvalue weighted by Crippen LogP contribution is 2.33. The number of benzene rings is 1. The number of nitrogens with zero attached hydrogens (tertiary/aromatic N) is 1. The lowest BCUT2D eigenvalue weighted by atomic mass is 9.89. The molecule has 0 radical (unpaired) electrons. The Balaban J connectivity index is 1.98. The fourth-order valence-electron chi connectivity index (χ4n) is 3.46. The average molecular weight is 289 g/mol. The summed E-state index contributed by atoms with van der Waals surface area (Å²) in [5.41, 5.74) is 2.75. The molecule has 1 aliphatic rings. The first-order valence-electron chi connectivity index (χ1n) is 7.74. The minimum absolute atomic E-state index is 0.169. The summed E-state index contributed by atoms with van der Waals surface area (Å²) >= 11 is 0. The fraction of sp³-hybridized carbons (Fsp3) is 0.562. The predicted molar refractivity (Wildman–Crippen MR) is 84.2 cm³/mol. The van der Waals surface area contributed by atoms with Crippen molar-refractivity contribution in [3.63, 3.8) is 0 Å². The lowest BCUT2D eigenvalue weighted by molar-refractivity contribution is 0.209. The maximum atomic E-state index is 11.7. The first-order chi connectivity index (χ1) is 10.2.